The van der Waals surface area contributed by atoms with Crippen molar-refractivity contribution in [2.24, 2.45) is 0 Å². The molecule has 0 spiro atoms. The molecule has 0 saturated heterocycles. The number of aromatic nitrogens is 2. The summed E-state index contributed by atoms with van der Waals surface area (Å²) in [6, 6.07) is -0.517. The topological polar surface area (TPSA) is 93.1 Å². The van der Waals surface area contributed by atoms with Crippen LogP contribution in [0.1, 0.15) is 44.1 Å². The van der Waals surface area contributed by atoms with E-state index in [-0.39, 0.29) is 5.56 Å². The molecule has 146 valence electrons. The first-order chi connectivity index (χ1) is 13.0. The summed E-state index contributed by atoms with van der Waals surface area (Å²) in [5.41, 5.74) is 1.14. The van der Waals surface area contributed by atoms with E-state index in [9.17, 15) is 14.4 Å². The monoisotopic (exact) mass is 408 g/mol. The van der Waals surface area contributed by atoms with Crippen LogP contribution in [0.25, 0.3) is 10.2 Å². The number of fused-ring (bicyclic) bond motifs is 3. The minimum absolute atomic E-state index is 0.0271. The van der Waals surface area contributed by atoms with Gasteiger partial charge in [0.2, 0.25) is 5.91 Å². The third-order valence-corrected chi connectivity index (χ3v) is 6.86. The summed E-state index contributed by atoms with van der Waals surface area (Å²) in [5, 5.41) is 5.56. The van der Waals surface area contributed by atoms with Crippen molar-refractivity contribution in [1.29, 1.82) is 0 Å². The highest BCUT2D eigenvalue weighted by molar-refractivity contribution is 8.00. The lowest BCUT2D eigenvalue weighted by Gasteiger charge is -2.15. The number of rotatable bonds is 5. The summed E-state index contributed by atoms with van der Waals surface area (Å²) >= 11 is 2.80. The van der Waals surface area contributed by atoms with Gasteiger partial charge in [0.25, 0.3) is 5.56 Å². The summed E-state index contributed by atoms with van der Waals surface area (Å²) in [7, 11) is 0. The lowest BCUT2D eigenvalue weighted by atomic mass is 9.97. The smallest absolute Gasteiger partial charge is 0.321 e. The Morgan fingerprint density at radius 3 is 2.74 bits per heavy atom. The Hall–Kier alpha value is -1.87. The van der Waals surface area contributed by atoms with Gasteiger partial charge in [-0.3, -0.25) is 19.5 Å². The molecule has 0 unspecified atom stereocenters. The van der Waals surface area contributed by atoms with Gasteiger partial charge in [-0.2, -0.15) is 0 Å². The predicted octanol–water partition coefficient (Wildman–Crippen LogP) is 2.68. The van der Waals surface area contributed by atoms with Crippen LogP contribution in [0.2, 0.25) is 0 Å². The van der Waals surface area contributed by atoms with Crippen LogP contribution in [0.4, 0.5) is 4.79 Å². The summed E-state index contributed by atoms with van der Waals surface area (Å²) in [6.07, 6.45) is 4.21. The zero-order valence-electron chi connectivity index (χ0n) is 15.8. The highest BCUT2D eigenvalue weighted by Crippen LogP contribution is 2.35. The van der Waals surface area contributed by atoms with Crippen LogP contribution in [0, 0.1) is 0 Å². The molecule has 2 heterocycles. The standard InChI is InChI=1S/C18H24N4O3S2/c1-4-19-17(25)20-14(23)10(3)26-18-21-15-13(16(24)22(18)5-2)11-8-6-7-9-12(11)27-15/h10H,4-9H2,1-3H3,(H2,19,20,23,25)/t10-/m0/s1. The second kappa shape index (κ2) is 8.43. The van der Waals surface area contributed by atoms with E-state index >= 15 is 0 Å². The summed E-state index contributed by atoms with van der Waals surface area (Å²) in [6.45, 7) is 6.31. The second-order valence-corrected chi connectivity index (χ2v) is 8.84. The Balaban J connectivity index is 1.91. The minimum Gasteiger partial charge on any atom is -0.338 e. The Morgan fingerprint density at radius 1 is 1.30 bits per heavy atom. The molecule has 2 aromatic rings. The van der Waals surface area contributed by atoms with Crippen LogP contribution < -0.4 is 16.2 Å². The lowest BCUT2D eigenvalue weighted by molar-refractivity contribution is -0.119. The number of carbonyl (C=O) groups excluding carboxylic acids is 2. The predicted molar refractivity (Wildman–Crippen MR) is 109 cm³/mol. The Labute approximate surface area is 165 Å². The van der Waals surface area contributed by atoms with Gasteiger partial charge in [-0.05, 0) is 52.0 Å². The molecule has 0 radical (unpaired) electrons. The fraction of sp³-hybridized carbons (Fsp3) is 0.556. The third-order valence-electron chi connectivity index (χ3n) is 4.58. The quantitative estimate of drug-likeness (QED) is 0.586. The van der Waals surface area contributed by atoms with Crippen LogP contribution in [0.5, 0.6) is 0 Å². The molecule has 1 aliphatic rings. The molecule has 2 aromatic heterocycles. The number of aryl methyl sites for hydroxylation is 2. The summed E-state index contributed by atoms with van der Waals surface area (Å²) in [5.74, 6) is -0.409. The van der Waals surface area contributed by atoms with Gasteiger partial charge >= 0.3 is 6.03 Å². The number of thioether (sulfide) groups is 1. The fourth-order valence-electron chi connectivity index (χ4n) is 3.22. The van der Waals surface area contributed by atoms with Gasteiger partial charge in [-0.25, -0.2) is 9.78 Å². The van der Waals surface area contributed by atoms with Crippen molar-refractivity contribution < 1.29 is 9.59 Å². The first-order valence-corrected chi connectivity index (χ1v) is 11.0. The van der Waals surface area contributed by atoms with Crippen molar-refractivity contribution in [3.05, 3.63) is 20.8 Å². The van der Waals surface area contributed by atoms with Crippen molar-refractivity contribution in [1.82, 2.24) is 20.2 Å². The zero-order chi connectivity index (χ0) is 19.6. The highest BCUT2D eigenvalue weighted by atomic mass is 32.2. The molecular formula is C18H24N4O3S2. The molecule has 1 atom stereocenters. The summed E-state index contributed by atoms with van der Waals surface area (Å²) < 4.78 is 1.63. The van der Waals surface area contributed by atoms with E-state index in [0.717, 1.165) is 35.9 Å². The molecule has 2 N–H and O–H groups in total. The maximum Gasteiger partial charge on any atom is 0.321 e. The normalized spacial score (nSPS) is 14.6. The molecule has 7 nitrogen and oxygen atoms in total. The summed E-state index contributed by atoms with van der Waals surface area (Å²) in [4.78, 5) is 43.6. The van der Waals surface area contributed by atoms with Gasteiger partial charge in [-0.1, -0.05) is 11.8 Å². The zero-order valence-corrected chi connectivity index (χ0v) is 17.4. The largest absolute Gasteiger partial charge is 0.338 e. The van der Waals surface area contributed by atoms with Gasteiger partial charge in [0.15, 0.2) is 5.16 Å². The fourth-order valence-corrected chi connectivity index (χ4v) is 5.49. The van der Waals surface area contributed by atoms with Crippen LogP contribution in [-0.4, -0.2) is 33.3 Å². The molecule has 0 saturated carbocycles. The number of amides is 3. The lowest BCUT2D eigenvalue weighted by Crippen LogP contribution is -2.42. The van der Waals surface area contributed by atoms with Crippen LogP contribution >= 0.6 is 23.1 Å². The molecule has 0 bridgehead atoms. The van der Waals surface area contributed by atoms with E-state index in [1.807, 2.05) is 6.92 Å². The highest BCUT2D eigenvalue weighted by Gasteiger charge is 2.24. The molecule has 0 aromatic carbocycles. The minimum atomic E-state index is -0.552. The maximum atomic E-state index is 13.1. The number of hydrogen-bond acceptors (Lipinski definition) is 6. The first kappa shape index (κ1) is 19.9. The molecule has 0 fully saturated rings. The first-order valence-electron chi connectivity index (χ1n) is 9.26. The average molecular weight is 409 g/mol. The third kappa shape index (κ3) is 4.03. The number of nitrogens with zero attached hydrogens (tertiary/aromatic N) is 2. The van der Waals surface area contributed by atoms with E-state index in [0.29, 0.717) is 18.2 Å². The van der Waals surface area contributed by atoms with E-state index in [1.165, 1.54) is 22.2 Å². The van der Waals surface area contributed by atoms with Crippen LogP contribution in [0.15, 0.2) is 9.95 Å². The van der Waals surface area contributed by atoms with E-state index < -0.39 is 17.2 Å². The van der Waals surface area contributed by atoms with E-state index in [2.05, 4.69) is 10.6 Å². The van der Waals surface area contributed by atoms with Gasteiger partial charge in [0.05, 0.1) is 10.6 Å². The molecular weight excluding hydrogens is 384 g/mol. The van der Waals surface area contributed by atoms with Crippen LogP contribution in [0.3, 0.4) is 0 Å². The molecule has 3 rings (SSSR count). The Bertz CT molecular complexity index is 935. The molecule has 9 heteroatoms. The van der Waals surface area contributed by atoms with Crippen molar-refractivity contribution in [2.45, 2.75) is 63.4 Å². The van der Waals surface area contributed by atoms with Crippen molar-refractivity contribution in [2.75, 3.05) is 6.54 Å². The Morgan fingerprint density at radius 2 is 2.04 bits per heavy atom. The molecule has 1 aliphatic carbocycles. The SMILES string of the molecule is CCNC(=O)NC(=O)[C@H](C)Sc1nc2sc3c(c2c(=O)n1CC)CCCC3. The van der Waals surface area contributed by atoms with Gasteiger partial charge in [0, 0.05) is 18.0 Å². The number of thiophene rings is 1. The van der Waals surface area contributed by atoms with Gasteiger partial charge < -0.3 is 5.32 Å². The number of imide groups is 1. The average Bonchev–Trinajstić information content (AvgIpc) is 3.00. The molecule has 27 heavy (non-hydrogen) atoms. The number of carbonyl (C=O) groups is 2. The molecule has 0 aliphatic heterocycles. The molecule has 3 amide bonds. The van der Waals surface area contributed by atoms with Crippen molar-refractivity contribution >= 4 is 45.3 Å². The Kier molecular flexibility index (Phi) is 6.21. The maximum absolute atomic E-state index is 13.1. The van der Waals surface area contributed by atoms with Crippen LogP contribution in [-0.2, 0) is 24.2 Å². The number of nitrogens with one attached hydrogen (secondary N) is 2. The van der Waals surface area contributed by atoms with Crippen molar-refractivity contribution in [3.8, 4) is 0 Å². The van der Waals surface area contributed by atoms with Gasteiger partial charge in [0.1, 0.15) is 4.83 Å². The van der Waals surface area contributed by atoms with E-state index in [1.54, 1.807) is 29.8 Å². The van der Waals surface area contributed by atoms with Crippen molar-refractivity contribution in [3.63, 3.8) is 0 Å². The number of hydrogen-bond donors (Lipinski definition) is 2. The van der Waals surface area contributed by atoms with E-state index in [4.69, 9.17) is 4.98 Å². The van der Waals surface area contributed by atoms with Gasteiger partial charge in [-0.15, -0.1) is 11.3 Å². The number of urea groups is 1. The second-order valence-electron chi connectivity index (χ2n) is 6.44.